The standard InChI is InChI=1S/C18H21NO3S/c1-21-14-5-6-17(22-2)16(10-14)13-7-8-19(12-13)18(20)11-15-4-3-9-23-15/h3-6,9-10,13H,7-8,11-12H2,1-2H3/t13-/m0/s1. The van der Waals surface area contributed by atoms with Gasteiger partial charge >= 0.3 is 0 Å². The molecule has 0 aliphatic carbocycles. The van der Waals surface area contributed by atoms with E-state index in [1.807, 2.05) is 40.6 Å². The fraction of sp³-hybridized carbons (Fsp3) is 0.389. The Morgan fingerprint density at radius 2 is 2.17 bits per heavy atom. The Morgan fingerprint density at radius 3 is 2.87 bits per heavy atom. The Balaban J connectivity index is 1.71. The number of methoxy groups -OCH3 is 2. The maximum absolute atomic E-state index is 12.4. The van der Waals surface area contributed by atoms with E-state index in [9.17, 15) is 4.79 Å². The van der Waals surface area contributed by atoms with Gasteiger partial charge in [-0.05, 0) is 36.1 Å². The van der Waals surface area contributed by atoms with Crippen LogP contribution in [0.5, 0.6) is 11.5 Å². The first-order valence-corrected chi connectivity index (χ1v) is 8.61. The van der Waals surface area contributed by atoms with Gasteiger partial charge in [0, 0.05) is 29.4 Å². The first-order valence-electron chi connectivity index (χ1n) is 7.73. The molecule has 3 rings (SSSR count). The second-order valence-corrected chi connectivity index (χ2v) is 6.72. The van der Waals surface area contributed by atoms with Gasteiger partial charge in [0.25, 0.3) is 0 Å². The van der Waals surface area contributed by atoms with E-state index in [1.165, 1.54) is 0 Å². The highest BCUT2D eigenvalue weighted by Crippen LogP contribution is 2.36. The van der Waals surface area contributed by atoms with E-state index in [0.29, 0.717) is 12.3 Å². The van der Waals surface area contributed by atoms with Crippen LogP contribution in [0, 0.1) is 0 Å². The number of hydrogen-bond acceptors (Lipinski definition) is 4. The molecule has 122 valence electrons. The van der Waals surface area contributed by atoms with Crippen LogP contribution in [0.25, 0.3) is 0 Å². The number of likely N-dealkylation sites (tertiary alicyclic amines) is 1. The number of ether oxygens (including phenoxy) is 2. The van der Waals surface area contributed by atoms with Crippen LogP contribution in [0.4, 0.5) is 0 Å². The predicted octanol–water partition coefficient (Wildman–Crippen LogP) is 3.32. The van der Waals surface area contributed by atoms with Crippen molar-refractivity contribution in [2.45, 2.75) is 18.8 Å². The molecule has 23 heavy (non-hydrogen) atoms. The Kier molecular flexibility index (Phi) is 4.86. The van der Waals surface area contributed by atoms with Crippen molar-refractivity contribution >= 4 is 17.2 Å². The normalized spacial score (nSPS) is 17.3. The van der Waals surface area contributed by atoms with Crippen molar-refractivity contribution in [3.8, 4) is 11.5 Å². The van der Waals surface area contributed by atoms with Crippen LogP contribution in [0.2, 0.25) is 0 Å². The van der Waals surface area contributed by atoms with Crippen molar-refractivity contribution < 1.29 is 14.3 Å². The number of carbonyl (C=O) groups is 1. The molecule has 0 bridgehead atoms. The third-order valence-corrected chi connectivity index (χ3v) is 5.20. The third kappa shape index (κ3) is 3.50. The zero-order valence-electron chi connectivity index (χ0n) is 13.5. The van der Waals surface area contributed by atoms with Gasteiger partial charge in [-0.2, -0.15) is 0 Å². The van der Waals surface area contributed by atoms with Crippen molar-refractivity contribution in [2.75, 3.05) is 27.3 Å². The number of rotatable bonds is 5. The summed E-state index contributed by atoms with van der Waals surface area (Å²) in [6.07, 6.45) is 1.46. The second-order valence-electron chi connectivity index (χ2n) is 5.69. The van der Waals surface area contributed by atoms with Crippen LogP contribution in [0.1, 0.15) is 22.8 Å². The summed E-state index contributed by atoms with van der Waals surface area (Å²) in [5, 5.41) is 2.01. The summed E-state index contributed by atoms with van der Waals surface area (Å²) < 4.78 is 10.8. The predicted molar refractivity (Wildman–Crippen MR) is 91.5 cm³/mol. The minimum absolute atomic E-state index is 0.205. The molecule has 0 radical (unpaired) electrons. The summed E-state index contributed by atoms with van der Waals surface area (Å²) in [6, 6.07) is 9.86. The number of hydrogen-bond donors (Lipinski definition) is 0. The van der Waals surface area contributed by atoms with Crippen molar-refractivity contribution in [2.24, 2.45) is 0 Å². The molecule has 1 aromatic heterocycles. The highest BCUT2D eigenvalue weighted by atomic mass is 32.1. The smallest absolute Gasteiger partial charge is 0.227 e. The van der Waals surface area contributed by atoms with Crippen LogP contribution in [0.15, 0.2) is 35.7 Å². The minimum Gasteiger partial charge on any atom is -0.497 e. The molecule has 5 heteroatoms. The Hall–Kier alpha value is -2.01. The molecule has 1 fully saturated rings. The molecule has 4 nitrogen and oxygen atoms in total. The van der Waals surface area contributed by atoms with Gasteiger partial charge < -0.3 is 14.4 Å². The summed E-state index contributed by atoms with van der Waals surface area (Å²) in [5.41, 5.74) is 1.12. The van der Waals surface area contributed by atoms with E-state index < -0.39 is 0 Å². The largest absolute Gasteiger partial charge is 0.497 e. The summed E-state index contributed by atoms with van der Waals surface area (Å²) in [5.74, 6) is 2.19. The molecule has 1 aliphatic rings. The third-order valence-electron chi connectivity index (χ3n) is 4.32. The summed E-state index contributed by atoms with van der Waals surface area (Å²) in [7, 11) is 3.34. The van der Waals surface area contributed by atoms with Crippen LogP contribution in [0.3, 0.4) is 0 Å². The average Bonchev–Trinajstić information content (AvgIpc) is 3.25. The maximum Gasteiger partial charge on any atom is 0.227 e. The lowest BCUT2D eigenvalue weighted by molar-refractivity contribution is -0.129. The van der Waals surface area contributed by atoms with E-state index in [2.05, 4.69) is 0 Å². The molecule has 0 N–H and O–H groups in total. The van der Waals surface area contributed by atoms with Crippen molar-refractivity contribution in [3.63, 3.8) is 0 Å². The highest BCUT2D eigenvalue weighted by Gasteiger charge is 2.29. The van der Waals surface area contributed by atoms with E-state index >= 15 is 0 Å². The molecule has 1 aliphatic heterocycles. The van der Waals surface area contributed by atoms with E-state index in [0.717, 1.165) is 41.4 Å². The van der Waals surface area contributed by atoms with Gasteiger partial charge in [0.1, 0.15) is 11.5 Å². The van der Waals surface area contributed by atoms with Gasteiger partial charge in [0.2, 0.25) is 5.91 Å². The van der Waals surface area contributed by atoms with Crippen LogP contribution < -0.4 is 9.47 Å². The SMILES string of the molecule is COc1ccc(OC)c([C@H]2CCN(C(=O)Cc3cccs3)C2)c1. The van der Waals surface area contributed by atoms with Crippen molar-refractivity contribution in [1.29, 1.82) is 0 Å². The van der Waals surface area contributed by atoms with Crippen LogP contribution >= 0.6 is 11.3 Å². The van der Waals surface area contributed by atoms with Gasteiger partial charge in [0.05, 0.1) is 20.6 Å². The van der Waals surface area contributed by atoms with Gasteiger partial charge in [-0.15, -0.1) is 11.3 Å². The average molecular weight is 331 g/mol. The van der Waals surface area contributed by atoms with Gasteiger partial charge in [-0.25, -0.2) is 0 Å². The van der Waals surface area contributed by atoms with Gasteiger partial charge in [-0.1, -0.05) is 6.07 Å². The molecule has 2 aromatic rings. The lowest BCUT2D eigenvalue weighted by Crippen LogP contribution is -2.29. The maximum atomic E-state index is 12.4. The monoisotopic (exact) mass is 331 g/mol. The lowest BCUT2D eigenvalue weighted by atomic mass is 9.97. The molecule has 0 unspecified atom stereocenters. The van der Waals surface area contributed by atoms with Gasteiger partial charge in [-0.3, -0.25) is 4.79 Å². The van der Waals surface area contributed by atoms with E-state index in [-0.39, 0.29) is 5.91 Å². The molecular formula is C18H21NO3S. The Morgan fingerprint density at radius 1 is 1.30 bits per heavy atom. The summed E-state index contributed by atoms with van der Waals surface area (Å²) in [6.45, 7) is 1.54. The topological polar surface area (TPSA) is 38.8 Å². The molecule has 1 amide bonds. The highest BCUT2D eigenvalue weighted by molar-refractivity contribution is 7.10. The first-order chi connectivity index (χ1) is 11.2. The minimum atomic E-state index is 0.205. The van der Waals surface area contributed by atoms with Crippen LogP contribution in [-0.2, 0) is 11.2 Å². The van der Waals surface area contributed by atoms with Crippen molar-refractivity contribution in [3.05, 3.63) is 46.2 Å². The number of amides is 1. The second kappa shape index (κ2) is 7.04. The molecular weight excluding hydrogens is 310 g/mol. The fourth-order valence-corrected chi connectivity index (χ4v) is 3.77. The quantitative estimate of drug-likeness (QED) is 0.843. The molecule has 1 atom stereocenters. The molecule has 0 saturated carbocycles. The fourth-order valence-electron chi connectivity index (χ4n) is 3.07. The van der Waals surface area contributed by atoms with Gasteiger partial charge in [0.15, 0.2) is 0 Å². The van der Waals surface area contributed by atoms with Crippen molar-refractivity contribution in [1.82, 2.24) is 4.90 Å². The number of nitrogens with zero attached hydrogens (tertiary/aromatic N) is 1. The summed E-state index contributed by atoms with van der Waals surface area (Å²) in [4.78, 5) is 15.5. The molecule has 0 spiro atoms. The summed E-state index contributed by atoms with van der Waals surface area (Å²) >= 11 is 1.63. The zero-order chi connectivity index (χ0) is 16.2. The molecule has 1 saturated heterocycles. The van der Waals surface area contributed by atoms with Crippen LogP contribution in [-0.4, -0.2) is 38.1 Å². The van der Waals surface area contributed by atoms with E-state index in [1.54, 1.807) is 25.6 Å². The lowest BCUT2D eigenvalue weighted by Gasteiger charge is -2.18. The first kappa shape index (κ1) is 15.9. The zero-order valence-corrected chi connectivity index (χ0v) is 14.3. The van der Waals surface area contributed by atoms with E-state index in [4.69, 9.17) is 9.47 Å². The number of benzene rings is 1. The Labute approximate surface area is 140 Å². The Bertz CT molecular complexity index is 669. The molecule has 1 aromatic carbocycles. The number of carbonyl (C=O) groups excluding carboxylic acids is 1. The number of thiophene rings is 1. The molecule has 2 heterocycles.